The molecule has 5 heteroatoms. The fourth-order valence-electron chi connectivity index (χ4n) is 2.79. The zero-order chi connectivity index (χ0) is 16.3. The molecule has 1 heterocycles. The molecule has 0 radical (unpaired) electrons. The van der Waals surface area contributed by atoms with Crippen molar-refractivity contribution < 1.29 is 19.1 Å². The van der Waals surface area contributed by atoms with Gasteiger partial charge in [-0.2, -0.15) is 0 Å². The summed E-state index contributed by atoms with van der Waals surface area (Å²) < 4.78 is 10.6. The van der Waals surface area contributed by atoms with Crippen LogP contribution in [-0.4, -0.2) is 30.6 Å². The Kier molecular flexibility index (Phi) is 4.54. The van der Waals surface area contributed by atoms with E-state index >= 15 is 0 Å². The topological polar surface area (TPSA) is 55.8 Å². The molecule has 0 fully saturated rings. The SMILES string of the molecule is C=CC[C@@]1(C(=O)OCC)C(=O)Oc2ccc(C)cc2N1CC. The highest BCUT2D eigenvalue weighted by atomic mass is 16.6. The molecular formula is C17H21NO4. The van der Waals surface area contributed by atoms with Gasteiger partial charge in [-0.25, -0.2) is 9.59 Å². The van der Waals surface area contributed by atoms with Gasteiger partial charge >= 0.3 is 11.9 Å². The summed E-state index contributed by atoms with van der Waals surface area (Å²) in [6.45, 7) is 9.89. The van der Waals surface area contributed by atoms with Gasteiger partial charge in [0.2, 0.25) is 5.54 Å². The van der Waals surface area contributed by atoms with E-state index in [0.29, 0.717) is 12.3 Å². The molecule has 118 valence electrons. The zero-order valence-corrected chi connectivity index (χ0v) is 13.2. The van der Waals surface area contributed by atoms with Crippen molar-refractivity contribution in [1.29, 1.82) is 0 Å². The van der Waals surface area contributed by atoms with E-state index in [1.807, 2.05) is 26.0 Å². The number of aryl methyl sites for hydroxylation is 1. The molecule has 1 aromatic carbocycles. The number of nitrogens with zero attached hydrogens (tertiary/aromatic N) is 1. The van der Waals surface area contributed by atoms with Gasteiger partial charge in [-0.1, -0.05) is 12.1 Å². The maximum atomic E-state index is 12.6. The third kappa shape index (κ3) is 2.36. The molecule has 1 aliphatic rings. The zero-order valence-electron chi connectivity index (χ0n) is 13.2. The van der Waals surface area contributed by atoms with Gasteiger partial charge < -0.3 is 14.4 Å². The second-order valence-corrected chi connectivity index (χ2v) is 5.18. The molecule has 22 heavy (non-hydrogen) atoms. The lowest BCUT2D eigenvalue weighted by molar-refractivity contribution is -0.160. The first kappa shape index (κ1) is 16.1. The number of ether oxygens (including phenoxy) is 2. The quantitative estimate of drug-likeness (QED) is 0.362. The number of benzene rings is 1. The van der Waals surface area contributed by atoms with Crippen LogP contribution in [-0.2, 0) is 14.3 Å². The monoisotopic (exact) mass is 303 g/mol. The Morgan fingerprint density at radius 2 is 2.18 bits per heavy atom. The lowest BCUT2D eigenvalue weighted by Crippen LogP contribution is -2.64. The Morgan fingerprint density at radius 3 is 2.77 bits per heavy atom. The number of anilines is 1. The van der Waals surface area contributed by atoms with Crippen molar-refractivity contribution in [3.63, 3.8) is 0 Å². The maximum Gasteiger partial charge on any atom is 0.349 e. The number of likely N-dealkylation sites (N-methyl/N-ethyl adjacent to an activating group) is 1. The normalized spacial score (nSPS) is 20.1. The molecule has 1 aliphatic heterocycles. The highest BCUT2D eigenvalue weighted by Crippen LogP contribution is 2.41. The number of carbonyl (C=O) groups excluding carboxylic acids is 2. The summed E-state index contributed by atoms with van der Waals surface area (Å²) in [6.07, 6.45) is 1.67. The summed E-state index contributed by atoms with van der Waals surface area (Å²) in [6, 6.07) is 5.52. The van der Waals surface area contributed by atoms with Gasteiger partial charge in [0.25, 0.3) is 0 Å². The van der Waals surface area contributed by atoms with Gasteiger partial charge in [0.15, 0.2) is 5.75 Å². The van der Waals surface area contributed by atoms with Gasteiger partial charge in [0.1, 0.15) is 0 Å². The third-order valence-corrected chi connectivity index (χ3v) is 3.78. The Labute approximate surface area is 130 Å². The smallest absolute Gasteiger partial charge is 0.349 e. The van der Waals surface area contributed by atoms with Crippen LogP contribution in [0.1, 0.15) is 25.8 Å². The summed E-state index contributed by atoms with van der Waals surface area (Å²) in [4.78, 5) is 26.9. The minimum atomic E-state index is -1.51. The molecular weight excluding hydrogens is 282 g/mol. The standard InChI is InChI=1S/C17H21NO4/c1-5-10-17(15(19)21-7-3)16(20)22-14-9-8-12(4)11-13(14)18(17)6-2/h5,8-9,11H,1,6-7,10H2,2-4H3/t17-/m1/s1. The van der Waals surface area contributed by atoms with E-state index in [0.717, 1.165) is 11.3 Å². The Morgan fingerprint density at radius 1 is 1.45 bits per heavy atom. The minimum absolute atomic E-state index is 0.131. The van der Waals surface area contributed by atoms with Crippen LogP contribution in [0.3, 0.4) is 0 Å². The average molecular weight is 303 g/mol. The van der Waals surface area contributed by atoms with Crippen molar-refractivity contribution in [3.05, 3.63) is 36.4 Å². The first-order chi connectivity index (χ1) is 10.5. The van der Waals surface area contributed by atoms with E-state index in [2.05, 4.69) is 6.58 Å². The van der Waals surface area contributed by atoms with Crippen LogP contribution in [0.4, 0.5) is 5.69 Å². The maximum absolute atomic E-state index is 12.6. The molecule has 0 aliphatic carbocycles. The minimum Gasteiger partial charge on any atom is -0.464 e. The molecule has 0 aromatic heterocycles. The lowest BCUT2D eigenvalue weighted by Gasteiger charge is -2.43. The highest BCUT2D eigenvalue weighted by Gasteiger charge is 2.56. The average Bonchev–Trinajstić information content (AvgIpc) is 2.48. The van der Waals surface area contributed by atoms with Gasteiger partial charge in [0.05, 0.1) is 12.3 Å². The predicted octanol–water partition coefficient (Wildman–Crippen LogP) is 2.62. The van der Waals surface area contributed by atoms with E-state index in [9.17, 15) is 9.59 Å². The van der Waals surface area contributed by atoms with Crippen LogP contribution in [0.5, 0.6) is 5.75 Å². The number of esters is 2. The molecule has 0 unspecified atom stereocenters. The first-order valence-electron chi connectivity index (χ1n) is 7.40. The fourth-order valence-corrected chi connectivity index (χ4v) is 2.79. The summed E-state index contributed by atoms with van der Waals surface area (Å²) in [5.74, 6) is -0.764. The Bertz CT molecular complexity index is 611. The summed E-state index contributed by atoms with van der Waals surface area (Å²) in [5, 5.41) is 0. The number of hydrogen-bond donors (Lipinski definition) is 0. The van der Waals surface area contributed by atoms with Crippen molar-refractivity contribution in [1.82, 2.24) is 0 Å². The van der Waals surface area contributed by atoms with E-state index in [1.165, 1.54) is 0 Å². The first-order valence-corrected chi connectivity index (χ1v) is 7.40. The number of rotatable bonds is 5. The molecule has 0 saturated carbocycles. The van der Waals surface area contributed by atoms with Gasteiger partial charge in [-0.05, 0) is 38.5 Å². The van der Waals surface area contributed by atoms with Crippen molar-refractivity contribution >= 4 is 17.6 Å². The highest BCUT2D eigenvalue weighted by molar-refractivity contribution is 6.11. The van der Waals surface area contributed by atoms with Crippen LogP contribution in [0.2, 0.25) is 0 Å². The van der Waals surface area contributed by atoms with E-state index in [-0.39, 0.29) is 13.0 Å². The van der Waals surface area contributed by atoms with Crippen molar-refractivity contribution in [3.8, 4) is 5.75 Å². The Balaban J connectivity index is 2.63. The van der Waals surface area contributed by atoms with Crippen molar-refractivity contribution in [2.75, 3.05) is 18.1 Å². The molecule has 0 N–H and O–H groups in total. The molecule has 1 aromatic rings. The van der Waals surface area contributed by atoms with Crippen LogP contribution < -0.4 is 9.64 Å². The molecule has 0 spiro atoms. The molecule has 0 amide bonds. The summed E-state index contributed by atoms with van der Waals surface area (Å²) in [7, 11) is 0. The number of fused-ring (bicyclic) bond motifs is 1. The third-order valence-electron chi connectivity index (χ3n) is 3.78. The second kappa shape index (κ2) is 6.22. The van der Waals surface area contributed by atoms with Crippen molar-refractivity contribution in [2.45, 2.75) is 32.7 Å². The van der Waals surface area contributed by atoms with Crippen LogP contribution in [0, 0.1) is 6.92 Å². The lowest BCUT2D eigenvalue weighted by atomic mass is 9.90. The largest absolute Gasteiger partial charge is 0.464 e. The summed E-state index contributed by atoms with van der Waals surface area (Å²) >= 11 is 0. The van der Waals surface area contributed by atoms with Gasteiger partial charge in [0, 0.05) is 13.0 Å². The molecule has 1 atom stereocenters. The van der Waals surface area contributed by atoms with Crippen molar-refractivity contribution in [2.24, 2.45) is 0 Å². The van der Waals surface area contributed by atoms with Gasteiger partial charge in [-0.3, -0.25) is 0 Å². The second-order valence-electron chi connectivity index (χ2n) is 5.18. The van der Waals surface area contributed by atoms with E-state index < -0.39 is 17.5 Å². The molecule has 0 saturated heterocycles. The van der Waals surface area contributed by atoms with Crippen LogP contribution in [0.25, 0.3) is 0 Å². The van der Waals surface area contributed by atoms with Crippen LogP contribution >= 0.6 is 0 Å². The Hall–Kier alpha value is -2.30. The molecule has 0 bridgehead atoms. The van der Waals surface area contributed by atoms with Gasteiger partial charge in [-0.15, -0.1) is 6.58 Å². The predicted molar refractivity (Wildman–Crippen MR) is 84.0 cm³/mol. The molecule has 2 rings (SSSR count). The fraction of sp³-hybridized carbons (Fsp3) is 0.412. The summed E-state index contributed by atoms with van der Waals surface area (Å²) in [5.41, 5.74) is 0.233. The van der Waals surface area contributed by atoms with E-state index in [4.69, 9.17) is 9.47 Å². The molecule has 5 nitrogen and oxygen atoms in total. The number of carbonyl (C=O) groups is 2. The van der Waals surface area contributed by atoms with E-state index in [1.54, 1.807) is 24.0 Å². The van der Waals surface area contributed by atoms with Crippen LogP contribution in [0.15, 0.2) is 30.9 Å². The number of hydrogen-bond acceptors (Lipinski definition) is 5.